The predicted octanol–water partition coefficient (Wildman–Crippen LogP) is 0.421. The monoisotopic (exact) mass is 210 g/mol. The van der Waals surface area contributed by atoms with Gasteiger partial charge in [0, 0.05) is 19.0 Å². The Bertz CT molecular complexity index is 412. The van der Waals surface area contributed by atoms with E-state index in [1.54, 1.807) is 13.0 Å². The number of carboxylic acid groups (broad SMARTS) is 1. The molecule has 1 aliphatic rings. The Kier molecular flexibility index (Phi) is 2.18. The van der Waals surface area contributed by atoms with Crippen LogP contribution in [0.1, 0.15) is 12.1 Å². The van der Waals surface area contributed by atoms with Crippen molar-refractivity contribution in [2.45, 2.75) is 13.3 Å². The average molecular weight is 210 g/mol. The van der Waals surface area contributed by atoms with E-state index in [2.05, 4.69) is 5.16 Å². The van der Waals surface area contributed by atoms with Gasteiger partial charge in [-0.05, 0) is 6.92 Å². The minimum atomic E-state index is -0.956. The van der Waals surface area contributed by atoms with Crippen LogP contribution >= 0.6 is 0 Å². The highest BCUT2D eigenvalue weighted by Crippen LogP contribution is 2.25. The van der Waals surface area contributed by atoms with E-state index in [1.807, 2.05) is 0 Å². The number of amides is 1. The van der Waals surface area contributed by atoms with E-state index < -0.39 is 11.9 Å². The third kappa shape index (κ3) is 1.70. The Morgan fingerprint density at radius 2 is 2.47 bits per heavy atom. The maximum atomic E-state index is 11.5. The molecule has 2 heterocycles. The van der Waals surface area contributed by atoms with Crippen LogP contribution in [-0.4, -0.2) is 28.7 Å². The average Bonchev–Trinajstić information content (AvgIpc) is 2.71. The first kappa shape index (κ1) is 9.70. The van der Waals surface area contributed by atoms with Crippen molar-refractivity contribution in [2.75, 3.05) is 11.4 Å². The molecule has 1 unspecified atom stereocenters. The molecular formula is C9H10N2O4. The van der Waals surface area contributed by atoms with Gasteiger partial charge in [-0.25, -0.2) is 0 Å². The number of carboxylic acids is 1. The number of hydrogen-bond acceptors (Lipinski definition) is 4. The lowest BCUT2D eigenvalue weighted by atomic mass is 10.1. The van der Waals surface area contributed by atoms with Crippen molar-refractivity contribution < 1.29 is 19.2 Å². The van der Waals surface area contributed by atoms with Gasteiger partial charge in [0.25, 0.3) is 0 Å². The van der Waals surface area contributed by atoms with Crippen LogP contribution in [0.15, 0.2) is 10.6 Å². The quantitative estimate of drug-likeness (QED) is 0.764. The number of carbonyl (C=O) groups is 2. The molecule has 1 amide bonds. The molecule has 1 aliphatic heterocycles. The molecule has 0 spiro atoms. The molecule has 80 valence electrons. The number of aryl methyl sites for hydroxylation is 1. The molecule has 0 radical (unpaired) electrons. The Balaban J connectivity index is 2.18. The van der Waals surface area contributed by atoms with E-state index in [-0.39, 0.29) is 18.9 Å². The second kappa shape index (κ2) is 3.38. The Hall–Kier alpha value is -1.85. The predicted molar refractivity (Wildman–Crippen MR) is 49.3 cm³/mol. The van der Waals surface area contributed by atoms with E-state index >= 15 is 0 Å². The normalized spacial score (nSPS) is 21.0. The van der Waals surface area contributed by atoms with E-state index in [0.29, 0.717) is 11.6 Å². The lowest BCUT2D eigenvalue weighted by Gasteiger charge is -2.10. The summed E-state index contributed by atoms with van der Waals surface area (Å²) < 4.78 is 4.91. The van der Waals surface area contributed by atoms with Gasteiger partial charge in [0.05, 0.1) is 11.6 Å². The summed E-state index contributed by atoms with van der Waals surface area (Å²) in [7, 11) is 0. The summed E-state index contributed by atoms with van der Waals surface area (Å²) in [6.07, 6.45) is 0.0229. The maximum absolute atomic E-state index is 11.5. The second-order valence-corrected chi connectivity index (χ2v) is 3.55. The summed E-state index contributed by atoms with van der Waals surface area (Å²) >= 11 is 0. The van der Waals surface area contributed by atoms with E-state index in [9.17, 15) is 9.59 Å². The van der Waals surface area contributed by atoms with Crippen LogP contribution in [0.5, 0.6) is 0 Å². The summed E-state index contributed by atoms with van der Waals surface area (Å²) in [6.45, 7) is 1.89. The smallest absolute Gasteiger partial charge is 0.308 e. The molecule has 1 fully saturated rings. The Morgan fingerprint density at radius 1 is 1.73 bits per heavy atom. The topological polar surface area (TPSA) is 83.6 Å². The van der Waals surface area contributed by atoms with Gasteiger partial charge in [-0.3, -0.25) is 14.5 Å². The van der Waals surface area contributed by atoms with Gasteiger partial charge < -0.3 is 9.63 Å². The van der Waals surface area contributed by atoms with E-state index in [0.717, 1.165) is 0 Å². The van der Waals surface area contributed by atoms with E-state index in [1.165, 1.54) is 4.90 Å². The molecule has 0 bridgehead atoms. The van der Waals surface area contributed by atoms with Gasteiger partial charge in [0.15, 0.2) is 0 Å². The summed E-state index contributed by atoms with van der Waals surface area (Å²) in [6, 6.07) is 1.61. The first-order chi connectivity index (χ1) is 7.08. The number of hydrogen-bond donors (Lipinski definition) is 1. The molecule has 6 heteroatoms. The van der Waals surface area contributed by atoms with Gasteiger partial charge in [0.1, 0.15) is 0 Å². The summed E-state index contributed by atoms with van der Waals surface area (Å²) in [5, 5.41) is 12.4. The van der Waals surface area contributed by atoms with Crippen LogP contribution in [-0.2, 0) is 9.59 Å². The number of aliphatic carboxylic acids is 1. The van der Waals surface area contributed by atoms with Gasteiger partial charge in [-0.1, -0.05) is 5.16 Å². The molecule has 1 atom stereocenters. The molecule has 1 N–H and O–H groups in total. The maximum Gasteiger partial charge on any atom is 0.308 e. The number of anilines is 1. The van der Waals surface area contributed by atoms with Crippen molar-refractivity contribution in [1.29, 1.82) is 0 Å². The third-order valence-corrected chi connectivity index (χ3v) is 2.36. The molecular weight excluding hydrogens is 200 g/mol. The molecule has 0 aliphatic carbocycles. The van der Waals surface area contributed by atoms with Crippen LogP contribution in [0.3, 0.4) is 0 Å². The van der Waals surface area contributed by atoms with Crippen molar-refractivity contribution in [1.82, 2.24) is 5.16 Å². The van der Waals surface area contributed by atoms with Crippen LogP contribution in [0.2, 0.25) is 0 Å². The number of carbonyl (C=O) groups excluding carboxylic acids is 1. The Labute approximate surface area is 85.5 Å². The summed E-state index contributed by atoms with van der Waals surface area (Å²) in [4.78, 5) is 23.5. The van der Waals surface area contributed by atoms with Crippen molar-refractivity contribution in [2.24, 2.45) is 5.92 Å². The standard InChI is InChI=1S/C9H10N2O4/c1-5-2-8(15-10-5)11-4-6(9(13)14)3-7(11)12/h2,6H,3-4H2,1H3,(H,13,14). The zero-order valence-electron chi connectivity index (χ0n) is 8.14. The summed E-state index contributed by atoms with van der Waals surface area (Å²) in [5.41, 5.74) is 0.663. The highest BCUT2D eigenvalue weighted by molar-refractivity contribution is 5.98. The van der Waals surface area contributed by atoms with Gasteiger partial charge in [-0.15, -0.1) is 0 Å². The summed E-state index contributed by atoms with van der Waals surface area (Å²) in [5.74, 6) is -1.52. The van der Waals surface area contributed by atoms with Gasteiger partial charge >= 0.3 is 5.97 Å². The van der Waals surface area contributed by atoms with Crippen LogP contribution in [0.4, 0.5) is 5.88 Å². The van der Waals surface area contributed by atoms with Gasteiger partial charge in [0.2, 0.25) is 11.8 Å². The number of aromatic nitrogens is 1. The lowest BCUT2D eigenvalue weighted by molar-refractivity contribution is -0.141. The zero-order chi connectivity index (χ0) is 11.0. The number of nitrogens with zero attached hydrogens (tertiary/aromatic N) is 2. The highest BCUT2D eigenvalue weighted by Gasteiger charge is 2.36. The molecule has 15 heavy (non-hydrogen) atoms. The largest absolute Gasteiger partial charge is 0.481 e. The van der Waals surface area contributed by atoms with Crippen LogP contribution in [0, 0.1) is 12.8 Å². The van der Waals surface area contributed by atoms with Gasteiger partial charge in [-0.2, -0.15) is 0 Å². The fraction of sp³-hybridized carbons (Fsp3) is 0.444. The van der Waals surface area contributed by atoms with Crippen molar-refractivity contribution >= 4 is 17.8 Å². The minimum absolute atomic E-state index is 0.0229. The minimum Gasteiger partial charge on any atom is -0.481 e. The van der Waals surface area contributed by atoms with Crippen LogP contribution < -0.4 is 4.90 Å². The van der Waals surface area contributed by atoms with Crippen LogP contribution in [0.25, 0.3) is 0 Å². The molecule has 0 aromatic carbocycles. The fourth-order valence-electron chi connectivity index (χ4n) is 1.56. The molecule has 2 rings (SSSR count). The van der Waals surface area contributed by atoms with Crippen molar-refractivity contribution in [3.05, 3.63) is 11.8 Å². The molecule has 1 saturated heterocycles. The van der Waals surface area contributed by atoms with Crippen molar-refractivity contribution in [3.63, 3.8) is 0 Å². The Morgan fingerprint density at radius 3 is 2.93 bits per heavy atom. The fourth-order valence-corrected chi connectivity index (χ4v) is 1.56. The third-order valence-electron chi connectivity index (χ3n) is 2.36. The second-order valence-electron chi connectivity index (χ2n) is 3.55. The lowest BCUT2D eigenvalue weighted by Crippen LogP contribution is -2.25. The first-order valence-electron chi connectivity index (χ1n) is 4.54. The SMILES string of the molecule is Cc1cc(N2CC(C(=O)O)CC2=O)on1. The zero-order valence-corrected chi connectivity index (χ0v) is 8.14. The molecule has 1 aromatic heterocycles. The highest BCUT2D eigenvalue weighted by atomic mass is 16.5. The molecule has 1 aromatic rings. The molecule has 6 nitrogen and oxygen atoms in total. The first-order valence-corrected chi connectivity index (χ1v) is 4.54. The molecule has 0 saturated carbocycles. The van der Waals surface area contributed by atoms with Crippen molar-refractivity contribution in [3.8, 4) is 0 Å². The van der Waals surface area contributed by atoms with E-state index in [4.69, 9.17) is 9.63 Å². The number of rotatable bonds is 2.